The van der Waals surface area contributed by atoms with Crippen LogP contribution in [0.4, 0.5) is 17.1 Å². The van der Waals surface area contributed by atoms with Crippen LogP contribution >= 0.6 is 0 Å². The molecule has 0 aromatic heterocycles. The number of benzene rings is 2. The van der Waals surface area contributed by atoms with Gasteiger partial charge in [0.05, 0.1) is 9.82 Å². The number of nitro groups is 1. The summed E-state index contributed by atoms with van der Waals surface area (Å²) >= 11 is 0. The second kappa shape index (κ2) is 8.90. The van der Waals surface area contributed by atoms with Gasteiger partial charge < -0.3 is 10.6 Å². The smallest absolute Gasteiger partial charge is 0.324 e. The maximum absolute atomic E-state index is 12.1. The highest BCUT2D eigenvalue weighted by atomic mass is 32.2. The van der Waals surface area contributed by atoms with Gasteiger partial charge in [0.2, 0.25) is 5.91 Å². The molecule has 0 radical (unpaired) electrons. The van der Waals surface area contributed by atoms with Crippen LogP contribution in [-0.2, 0) is 24.4 Å². The average Bonchev–Trinajstić information content (AvgIpc) is 2.67. The molecule has 0 spiro atoms. The monoisotopic (exact) mass is 421 g/mol. The van der Waals surface area contributed by atoms with Crippen LogP contribution in [0.2, 0.25) is 0 Å². The Morgan fingerprint density at radius 2 is 1.38 bits per heavy atom. The molecule has 12 nitrogen and oxygen atoms in total. The molecule has 0 atom stereocenters. The first-order valence-electron chi connectivity index (χ1n) is 7.84. The van der Waals surface area contributed by atoms with Crippen molar-refractivity contribution in [3.8, 4) is 0 Å². The number of nitrogens with zero attached hydrogens (tertiary/aromatic N) is 1. The summed E-state index contributed by atoms with van der Waals surface area (Å²) in [5, 5.41) is 15.4. The van der Waals surface area contributed by atoms with Gasteiger partial charge in [-0.15, -0.1) is 4.83 Å². The summed E-state index contributed by atoms with van der Waals surface area (Å²) in [5.74, 6) is -2.72. The third-order valence-electron chi connectivity index (χ3n) is 3.33. The van der Waals surface area contributed by atoms with Gasteiger partial charge in [-0.05, 0) is 36.4 Å². The number of amides is 3. The SMILES string of the molecule is CC(=O)Nc1ccc(NC(=O)C(=O)NNS(=O)(=O)c2ccc([N+](=O)[O-])cc2)cc1. The highest BCUT2D eigenvalue weighted by Gasteiger charge is 2.20. The van der Waals surface area contributed by atoms with E-state index in [9.17, 15) is 32.9 Å². The minimum atomic E-state index is -4.25. The molecule has 0 saturated heterocycles. The van der Waals surface area contributed by atoms with Gasteiger partial charge in [-0.1, -0.05) is 0 Å². The largest absolute Gasteiger partial charge is 0.326 e. The maximum Gasteiger partial charge on any atom is 0.324 e. The van der Waals surface area contributed by atoms with Crippen LogP contribution in [0.25, 0.3) is 0 Å². The lowest BCUT2D eigenvalue weighted by molar-refractivity contribution is -0.384. The number of carbonyl (C=O) groups excluding carboxylic acids is 3. The highest BCUT2D eigenvalue weighted by molar-refractivity contribution is 7.89. The lowest BCUT2D eigenvalue weighted by Crippen LogP contribution is -2.46. The Balaban J connectivity index is 1.94. The number of non-ortho nitro benzene ring substituents is 1. The Hall–Kier alpha value is -3.84. The average molecular weight is 421 g/mol. The summed E-state index contributed by atoms with van der Waals surface area (Å²) in [6, 6.07) is 9.75. The molecule has 3 amide bonds. The second-order valence-corrected chi connectivity index (χ2v) is 7.21. The van der Waals surface area contributed by atoms with Gasteiger partial charge in [0.25, 0.3) is 15.7 Å². The molecule has 0 saturated carbocycles. The molecule has 2 aromatic carbocycles. The van der Waals surface area contributed by atoms with Crippen molar-refractivity contribution in [2.75, 3.05) is 10.6 Å². The first kappa shape index (κ1) is 21.5. The molecule has 0 heterocycles. The number of anilines is 2. The quantitative estimate of drug-likeness (QED) is 0.298. The van der Waals surface area contributed by atoms with Gasteiger partial charge in [0, 0.05) is 30.4 Å². The zero-order valence-electron chi connectivity index (χ0n) is 14.8. The number of sulfonamides is 1. The lowest BCUT2D eigenvalue weighted by atomic mass is 10.2. The van der Waals surface area contributed by atoms with Crippen molar-refractivity contribution in [1.82, 2.24) is 10.3 Å². The van der Waals surface area contributed by atoms with E-state index in [0.29, 0.717) is 5.69 Å². The third-order valence-corrected chi connectivity index (χ3v) is 4.59. The molecule has 29 heavy (non-hydrogen) atoms. The number of nitro benzene ring substituents is 1. The van der Waals surface area contributed by atoms with Gasteiger partial charge in [-0.3, -0.25) is 29.9 Å². The van der Waals surface area contributed by atoms with Crippen LogP contribution in [0, 0.1) is 10.1 Å². The maximum atomic E-state index is 12.1. The fraction of sp³-hybridized carbons (Fsp3) is 0.0625. The number of nitrogens with one attached hydrogen (secondary N) is 4. The molecule has 0 aliphatic carbocycles. The molecule has 152 valence electrons. The topological polar surface area (TPSA) is 177 Å². The Morgan fingerprint density at radius 1 is 0.862 bits per heavy atom. The summed E-state index contributed by atoms with van der Waals surface area (Å²) < 4.78 is 24.1. The van der Waals surface area contributed by atoms with Crippen LogP contribution in [0.15, 0.2) is 53.4 Å². The molecule has 0 bridgehead atoms. The zero-order chi connectivity index (χ0) is 21.6. The standard InChI is InChI=1S/C16H15N5O7S/c1-10(22)17-11-2-4-12(5-3-11)18-15(23)16(24)19-20-29(27,28)14-8-6-13(7-9-14)21(25)26/h2-9,20H,1H3,(H,17,22)(H,18,23)(H,19,24). The molecule has 0 aliphatic rings. The van der Waals surface area contributed by atoms with Crippen molar-refractivity contribution < 1.29 is 27.7 Å². The van der Waals surface area contributed by atoms with Gasteiger partial charge in [-0.25, -0.2) is 8.42 Å². The van der Waals surface area contributed by atoms with E-state index >= 15 is 0 Å². The Labute approximate surface area is 164 Å². The van der Waals surface area contributed by atoms with Crippen molar-refractivity contribution in [3.63, 3.8) is 0 Å². The van der Waals surface area contributed by atoms with E-state index in [2.05, 4.69) is 10.6 Å². The van der Waals surface area contributed by atoms with Crippen LogP contribution < -0.4 is 20.9 Å². The second-order valence-electron chi connectivity index (χ2n) is 5.52. The first-order valence-corrected chi connectivity index (χ1v) is 9.32. The van der Waals surface area contributed by atoms with Gasteiger partial charge in [0.15, 0.2) is 0 Å². The predicted octanol–water partition coefficient (Wildman–Crippen LogP) is 0.501. The molecule has 13 heteroatoms. The summed E-state index contributed by atoms with van der Waals surface area (Å²) in [6.07, 6.45) is 0. The highest BCUT2D eigenvalue weighted by Crippen LogP contribution is 2.15. The van der Waals surface area contributed by atoms with E-state index in [0.717, 1.165) is 24.3 Å². The van der Waals surface area contributed by atoms with E-state index in [4.69, 9.17) is 0 Å². The van der Waals surface area contributed by atoms with Crippen LogP contribution in [0.3, 0.4) is 0 Å². The number of hydrazine groups is 1. The molecular formula is C16H15N5O7S. The molecule has 0 aliphatic heterocycles. The van der Waals surface area contributed by atoms with Gasteiger partial charge in [-0.2, -0.15) is 0 Å². The molecular weight excluding hydrogens is 406 g/mol. The molecule has 2 aromatic rings. The minimum absolute atomic E-state index is 0.234. The number of carbonyl (C=O) groups is 3. The Bertz CT molecular complexity index is 1050. The summed E-state index contributed by atoms with van der Waals surface area (Å²) in [7, 11) is -4.25. The van der Waals surface area contributed by atoms with Gasteiger partial charge >= 0.3 is 11.8 Å². The van der Waals surface area contributed by atoms with E-state index in [1.165, 1.54) is 31.2 Å². The van der Waals surface area contributed by atoms with Crippen LogP contribution in [0.5, 0.6) is 0 Å². The minimum Gasteiger partial charge on any atom is -0.326 e. The fourth-order valence-corrected chi connectivity index (χ4v) is 2.84. The molecule has 0 unspecified atom stereocenters. The number of hydrogen-bond acceptors (Lipinski definition) is 7. The fourth-order valence-electron chi connectivity index (χ4n) is 2.00. The van der Waals surface area contributed by atoms with E-state index in [1.807, 2.05) is 0 Å². The molecule has 4 N–H and O–H groups in total. The molecule has 2 rings (SSSR count). The van der Waals surface area contributed by atoms with Crippen LogP contribution in [0.1, 0.15) is 6.92 Å². The Kier molecular flexibility index (Phi) is 6.59. The number of hydrogen-bond donors (Lipinski definition) is 4. The van der Waals surface area contributed by atoms with Crippen LogP contribution in [-0.4, -0.2) is 31.1 Å². The van der Waals surface area contributed by atoms with Gasteiger partial charge in [0.1, 0.15) is 0 Å². The van der Waals surface area contributed by atoms with Crippen molar-refractivity contribution in [1.29, 1.82) is 0 Å². The zero-order valence-corrected chi connectivity index (χ0v) is 15.6. The summed E-state index contributed by atoms with van der Waals surface area (Å²) in [6.45, 7) is 1.33. The first-order chi connectivity index (χ1) is 13.6. The lowest BCUT2D eigenvalue weighted by Gasteiger charge is -2.09. The van der Waals surface area contributed by atoms with E-state index < -0.39 is 26.8 Å². The number of rotatable bonds is 6. The van der Waals surface area contributed by atoms with Crippen molar-refractivity contribution in [2.45, 2.75) is 11.8 Å². The third kappa shape index (κ3) is 6.08. The van der Waals surface area contributed by atoms with Crippen molar-refractivity contribution >= 4 is 44.8 Å². The summed E-state index contributed by atoms with van der Waals surface area (Å²) in [5.41, 5.74) is 2.14. The Morgan fingerprint density at radius 3 is 1.86 bits per heavy atom. The van der Waals surface area contributed by atoms with Crippen molar-refractivity contribution in [3.05, 3.63) is 58.6 Å². The predicted molar refractivity (Wildman–Crippen MR) is 101 cm³/mol. The van der Waals surface area contributed by atoms with Crippen molar-refractivity contribution in [2.24, 2.45) is 0 Å². The molecule has 0 fully saturated rings. The van der Waals surface area contributed by atoms with E-state index in [1.54, 1.807) is 10.3 Å². The normalized spacial score (nSPS) is 10.7. The summed E-state index contributed by atoms with van der Waals surface area (Å²) in [4.78, 5) is 45.8. The van der Waals surface area contributed by atoms with E-state index in [-0.39, 0.29) is 22.2 Å².